The Labute approximate surface area is 125 Å². The summed E-state index contributed by atoms with van der Waals surface area (Å²) in [4.78, 5) is 23.8. The van der Waals surface area contributed by atoms with E-state index in [-0.39, 0.29) is 17.7 Å². The molecule has 4 atom stereocenters. The van der Waals surface area contributed by atoms with E-state index in [0.29, 0.717) is 5.69 Å². The third kappa shape index (κ3) is 2.26. The topological polar surface area (TPSA) is 66.4 Å². The predicted octanol–water partition coefficient (Wildman–Crippen LogP) is 2.91. The monoisotopic (exact) mass is 335 g/mol. The van der Waals surface area contributed by atoms with Crippen LogP contribution in [0, 0.1) is 23.7 Å². The van der Waals surface area contributed by atoms with Gasteiger partial charge in [0.15, 0.2) is 0 Å². The maximum atomic E-state index is 12.4. The summed E-state index contributed by atoms with van der Waals surface area (Å²) >= 11 is 3.33. The van der Waals surface area contributed by atoms with Crippen molar-refractivity contribution < 1.29 is 14.7 Å². The number of benzene rings is 1. The number of aliphatic carboxylic acids is 1. The molecule has 0 heterocycles. The molecule has 1 amide bonds. The van der Waals surface area contributed by atoms with Crippen molar-refractivity contribution in [3.05, 3.63) is 40.9 Å². The normalized spacial score (nSPS) is 30.4. The molecule has 2 bridgehead atoms. The van der Waals surface area contributed by atoms with Gasteiger partial charge in [0.25, 0.3) is 0 Å². The Hall–Kier alpha value is -1.62. The second-order valence-corrected chi connectivity index (χ2v) is 6.25. The molecule has 3 rings (SSSR count). The highest BCUT2D eigenvalue weighted by atomic mass is 79.9. The average molecular weight is 336 g/mol. The van der Waals surface area contributed by atoms with E-state index in [9.17, 15) is 14.7 Å². The van der Waals surface area contributed by atoms with Crippen LogP contribution in [0.15, 0.2) is 40.9 Å². The Balaban J connectivity index is 1.78. The first kappa shape index (κ1) is 13.4. The maximum Gasteiger partial charge on any atom is 0.307 e. The van der Waals surface area contributed by atoms with Gasteiger partial charge in [-0.05, 0) is 42.5 Å². The van der Waals surface area contributed by atoms with E-state index < -0.39 is 17.8 Å². The minimum absolute atomic E-state index is 0.00170. The number of carboxylic acid groups (broad SMARTS) is 1. The maximum absolute atomic E-state index is 12.4. The molecule has 4 nitrogen and oxygen atoms in total. The molecular formula is C15H14BrNO3. The fourth-order valence-electron chi connectivity index (χ4n) is 3.28. The van der Waals surface area contributed by atoms with Crippen LogP contribution in [-0.2, 0) is 9.59 Å². The molecule has 1 fully saturated rings. The van der Waals surface area contributed by atoms with Crippen molar-refractivity contribution in [3.8, 4) is 0 Å². The number of carboxylic acids is 1. The number of anilines is 1. The van der Waals surface area contributed by atoms with Crippen LogP contribution >= 0.6 is 15.9 Å². The summed E-state index contributed by atoms with van der Waals surface area (Å²) in [6.45, 7) is 0. The predicted molar refractivity (Wildman–Crippen MR) is 78.1 cm³/mol. The van der Waals surface area contributed by atoms with Gasteiger partial charge < -0.3 is 10.4 Å². The van der Waals surface area contributed by atoms with Crippen LogP contribution in [0.3, 0.4) is 0 Å². The van der Waals surface area contributed by atoms with Gasteiger partial charge in [-0.15, -0.1) is 0 Å². The number of carbonyl (C=O) groups is 2. The van der Waals surface area contributed by atoms with Gasteiger partial charge in [-0.2, -0.15) is 0 Å². The number of rotatable bonds is 3. The Bertz CT molecular complexity index is 581. The van der Waals surface area contributed by atoms with Crippen molar-refractivity contribution in [1.29, 1.82) is 0 Å². The van der Waals surface area contributed by atoms with Crippen molar-refractivity contribution in [3.63, 3.8) is 0 Å². The zero-order valence-corrected chi connectivity index (χ0v) is 12.2. The van der Waals surface area contributed by atoms with Crippen molar-refractivity contribution in [2.45, 2.75) is 6.42 Å². The summed E-state index contributed by atoms with van der Waals surface area (Å²) in [5.74, 6) is -2.09. The quantitative estimate of drug-likeness (QED) is 0.834. The van der Waals surface area contributed by atoms with Gasteiger partial charge in [0.1, 0.15) is 0 Å². The van der Waals surface area contributed by atoms with Crippen LogP contribution in [0.1, 0.15) is 6.42 Å². The smallest absolute Gasteiger partial charge is 0.307 e. The molecule has 0 saturated heterocycles. The molecule has 0 spiro atoms. The molecule has 2 N–H and O–H groups in total. The molecule has 20 heavy (non-hydrogen) atoms. The van der Waals surface area contributed by atoms with Gasteiger partial charge in [-0.1, -0.05) is 28.1 Å². The highest BCUT2D eigenvalue weighted by Gasteiger charge is 2.51. The average Bonchev–Trinajstić information content (AvgIpc) is 3.01. The zero-order valence-electron chi connectivity index (χ0n) is 10.6. The van der Waals surface area contributed by atoms with Crippen LogP contribution in [0.5, 0.6) is 0 Å². The number of fused-ring (bicyclic) bond motifs is 2. The van der Waals surface area contributed by atoms with E-state index in [1.54, 1.807) is 12.1 Å². The third-order valence-corrected chi connectivity index (χ3v) is 4.69. The number of carbonyl (C=O) groups excluding carboxylic acids is 1. The molecule has 2 aliphatic rings. The second-order valence-electron chi connectivity index (χ2n) is 5.33. The van der Waals surface area contributed by atoms with E-state index in [0.717, 1.165) is 10.9 Å². The summed E-state index contributed by atoms with van der Waals surface area (Å²) in [6, 6.07) is 7.26. The molecule has 0 unspecified atom stereocenters. The molecule has 0 radical (unpaired) electrons. The Morgan fingerprint density at radius 2 is 1.70 bits per heavy atom. The molecule has 104 valence electrons. The molecule has 5 heteroatoms. The van der Waals surface area contributed by atoms with Gasteiger partial charge in [-0.3, -0.25) is 9.59 Å². The molecule has 1 saturated carbocycles. The highest BCUT2D eigenvalue weighted by Crippen LogP contribution is 2.48. The summed E-state index contributed by atoms with van der Waals surface area (Å²) < 4.78 is 0.932. The van der Waals surface area contributed by atoms with Crippen LogP contribution in [0.2, 0.25) is 0 Å². The number of amides is 1. The van der Waals surface area contributed by atoms with Gasteiger partial charge in [0, 0.05) is 10.2 Å². The van der Waals surface area contributed by atoms with Crippen molar-refractivity contribution in [2.75, 3.05) is 5.32 Å². The highest BCUT2D eigenvalue weighted by molar-refractivity contribution is 9.10. The molecule has 1 aromatic carbocycles. The fraction of sp³-hybridized carbons (Fsp3) is 0.333. The number of hydrogen-bond acceptors (Lipinski definition) is 2. The molecule has 0 aromatic heterocycles. The van der Waals surface area contributed by atoms with Gasteiger partial charge in [0.05, 0.1) is 11.8 Å². The number of halogens is 1. The van der Waals surface area contributed by atoms with Crippen molar-refractivity contribution in [2.24, 2.45) is 23.7 Å². The van der Waals surface area contributed by atoms with E-state index in [4.69, 9.17) is 0 Å². The third-order valence-electron chi connectivity index (χ3n) is 4.16. The minimum Gasteiger partial charge on any atom is -0.481 e. The standard InChI is InChI=1S/C15H14BrNO3/c16-10-3-5-11(6-4-10)17-14(18)12-8-1-2-9(7-8)13(12)15(19)20/h1-6,8-9,12-13H,7H2,(H,17,18)(H,19,20)/t8-,9+,12+,13+/m1/s1. The minimum atomic E-state index is -0.877. The van der Waals surface area contributed by atoms with Gasteiger partial charge in [-0.25, -0.2) is 0 Å². The van der Waals surface area contributed by atoms with Crippen LogP contribution < -0.4 is 5.32 Å². The van der Waals surface area contributed by atoms with E-state index in [2.05, 4.69) is 21.2 Å². The molecule has 0 aliphatic heterocycles. The Kier molecular flexibility index (Phi) is 3.38. The van der Waals surface area contributed by atoms with Crippen molar-refractivity contribution in [1.82, 2.24) is 0 Å². The van der Waals surface area contributed by atoms with E-state index >= 15 is 0 Å². The summed E-state index contributed by atoms with van der Waals surface area (Å²) in [5, 5.41) is 12.2. The first-order valence-corrected chi connectivity index (χ1v) is 7.33. The summed E-state index contributed by atoms with van der Waals surface area (Å²) in [5.41, 5.74) is 0.689. The zero-order chi connectivity index (χ0) is 14.3. The fourth-order valence-corrected chi connectivity index (χ4v) is 3.54. The molecular weight excluding hydrogens is 322 g/mol. The molecule has 2 aliphatic carbocycles. The van der Waals surface area contributed by atoms with E-state index in [1.807, 2.05) is 24.3 Å². The SMILES string of the molecule is O=C(Nc1ccc(Br)cc1)[C@@H]1[C@@H](C(=O)O)[C@H]2C=C[C@@H]1C2. The van der Waals surface area contributed by atoms with Crippen LogP contribution in [0.25, 0.3) is 0 Å². The lowest BCUT2D eigenvalue weighted by Crippen LogP contribution is -2.36. The Morgan fingerprint density at radius 1 is 1.10 bits per heavy atom. The lowest BCUT2D eigenvalue weighted by Gasteiger charge is -2.23. The largest absolute Gasteiger partial charge is 0.481 e. The van der Waals surface area contributed by atoms with Crippen LogP contribution in [0.4, 0.5) is 5.69 Å². The summed E-state index contributed by atoms with van der Waals surface area (Å²) in [6.07, 6.45) is 4.69. The number of nitrogens with one attached hydrogen (secondary N) is 1. The lowest BCUT2D eigenvalue weighted by molar-refractivity contribution is -0.146. The molecule has 1 aromatic rings. The number of hydrogen-bond donors (Lipinski definition) is 2. The Morgan fingerprint density at radius 3 is 2.30 bits per heavy atom. The van der Waals surface area contributed by atoms with E-state index in [1.165, 1.54) is 0 Å². The number of allylic oxidation sites excluding steroid dienone is 2. The summed E-state index contributed by atoms with van der Waals surface area (Å²) in [7, 11) is 0. The van der Waals surface area contributed by atoms with Gasteiger partial charge >= 0.3 is 5.97 Å². The lowest BCUT2D eigenvalue weighted by atomic mass is 9.82. The second kappa shape index (κ2) is 5.05. The van der Waals surface area contributed by atoms with Gasteiger partial charge in [0.2, 0.25) is 5.91 Å². The van der Waals surface area contributed by atoms with Crippen molar-refractivity contribution >= 4 is 33.5 Å². The first-order chi connectivity index (χ1) is 9.56. The van der Waals surface area contributed by atoms with Crippen LogP contribution in [-0.4, -0.2) is 17.0 Å². The first-order valence-electron chi connectivity index (χ1n) is 6.54.